The van der Waals surface area contributed by atoms with Crippen molar-refractivity contribution >= 4 is 0 Å². The molecule has 2 aromatic rings. The Morgan fingerprint density at radius 2 is 2.24 bits per heavy atom. The van der Waals surface area contributed by atoms with Crippen LogP contribution in [-0.4, -0.2) is 14.5 Å². The fourth-order valence-electron chi connectivity index (χ4n) is 1.79. The minimum absolute atomic E-state index is 0.628. The average molecular weight is 226 g/mol. The van der Waals surface area contributed by atoms with Gasteiger partial charge in [0.2, 0.25) is 0 Å². The number of aryl methyl sites for hydroxylation is 2. The molecule has 17 heavy (non-hydrogen) atoms. The number of nitrogens with zero attached hydrogens (tertiary/aromatic N) is 4. The zero-order chi connectivity index (χ0) is 12.3. The fraction of sp³-hybridized carbons (Fsp3) is 0.308. The van der Waals surface area contributed by atoms with Gasteiger partial charge in [-0.15, -0.1) is 0 Å². The highest BCUT2D eigenvalue weighted by Crippen LogP contribution is 2.12. The van der Waals surface area contributed by atoms with Crippen molar-refractivity contribution < 1.29 is 0 Å². The van der Waals surface area contributed by atoms with Gasteiger partial charge in [-0.05, 0) is 25.5 Å². The number of hydrogen-bond donors (Lipinski definition) is 0. The van der Waals surface area contributed by atoms with E-state index in [1.165, 1.54) is 0 Å². The van der Waals surface area contributed by atoms with E-state index in [-0.39, 0.29) is 0 Å². The Balaban J connectivity index is 2.49. The molecule has 0 radical (unpaired) electrons. The van der Waals surface area contributed by atoms with Crippen LogP contribution in [0.5, 0.6) is 0 Å². The second kappa shape index (κ2) is 4.79. The lowest BCUT2D eigenvalue weighted by molar-refractivity contribution is 0.796. The van der Waals surface area contributed by atoms with Gasteiger partial charge in [-0.3, -0.25) is 4.57 Å². The SMILES string of the molecule is CCCc1nccn1-c1cc(C#N)cc(C)n1. The Morgan fingerprint density at radius 1 is 1.41 bits per heavy atom. The van der Waals surface area contributed by atoms with Crippen molar-refractivity contribution in [1.29, 1.82) is 5.26 Å². The lowest BCUT2D eigenvalue weighted by Crippen LogP contribution is -2.03. The normalized spacial score (nSPS) is 10.2. The highest BCUT2D eigenvalue weighted by atomic mass is 15.1. The molecule has 0 aliphatic heterocycles. The molecule has 0 aliphatic rings. The number of rotatable bonds is 3. The van der Waals surface area contributed by atoms with E-state index in [0.717, 1.165) is 30.2 Å². The predicted octanol–water partition coefficient (Wildman–Crippen LogP) is 2.40. The Morgan fingerprint density at radius 3 is 2.94 bits per heavy atom. The quantitative estimate of drug-likeness (QED) is 0.807. The molecule has 0 aromatic carbocycles. The molecule has 86 valence electrons. The molecule has 4 heteroatoms. The van der Waals surface area contributed by atoms with Crippen molar-refractivity contribution in [3.63, 3.8) is 0 Å². The van der Waals surface area contributed by atoms with E-state index >= 15 is 0 Å². The predicted molar refractivity (Wildman–Crippen MR) is 64.8 cm³/mol. The van der Waals surface area contributed by atoms with Crippen LogP contribution in [0.3, 0.4) is 0 Å². The summed E-state index contributed by atoms with van der Waals surface area (Å²) in [5.41, 5.74) is 1.47. The number of imidazole rings is 1. The number of nitriles is 1. The van der Waals surface area contributed by atoms with Crippen LogP contribution in [-0.2, 0) is 6.42 Å². The molecule has 2 heterocycles. The molecule has 0 aliphatic carbocycles. The molecule has 4 nitrogen and oxygen atoms in total. The van der Waals surface area contributed by atoms with E-state index in [0.29, 0.717) is 5.56 Å². The van der Waals surface area contributed by atoms with Crippen LogP contribution in [0.1, 0.15) is 30.4 Å². The molecule has 0 amide bonds. The first kappa shape index (κ1) is 11.3. The van der Waals surface area contributed by atoms with Crippen LogP contribution in [0, 0.1) is 18.3 Å². The van der Waals surface area contributed by atoms with Crippen LogP contribution in [0.15, 0.2) is 24.5 Å². The second-order valence-electron chi connectivity index (χ2n) is 3.93. The van der Waals surface area contributed by atoms with Crippen molar-refractivity contribution in [2.45, 2.75) is 26.7 Å². The average Bonchev–Trinajstić information content (AvgIpc) is 2.77. The van der Waals surface area contributed by atoms with Crippen LogP contribution in [0.4, 0.5) is 0 Å². The molecular weight excluding hydrogens is 212 g/mol. The van der Waals surface area contributed by atoms with Gasteiger partial charge in [-0.1, -0.05) is 6.92 Å². The van der Waals surface area contributed by atoms with E-state index in [2.05, 4.69) is 23.0 Å². The molecule has 0 saturated carbocycles. The molecule has 0 atom stereocenters. The van der Waals surface area contributed by atoms with Crippen LogP contribution < -0.4 is 0 Å². The summed E-state index contributed by atoms with van der Waals surface area (Å²) in [4.78, 5) is 8.75. The number of hydrogen-bond acceptors (Lipinski definition) is 3. The van der Waals surface area contributed by atoms with Crippen molar-refractivity contribution in [3.8, 4) is 11.9 Å². The Labute approximate surface area is 101 Å². The third kappa shape index (κ3) is 2.34. The monoisotopic (exact) mass is 226 g/mol. The number of pyridine rings is 1. The minimum atomic E-state index is 0.628. The first-order valence-corrected chi connectivity index (χ1v) is 5.66. The number of aromatic nitrogens is 3. The Kier molecular flexibility index (Phi) is 3.20. The smallest absolute Gasteiger partial charge is 0.139 e. The minimum Gasteiger partial charge on any atom is -0.288 e. The molecule has 0 fully saturated rings. The summed E-state index contributed by atoms with van der Waals surface area (Å²) in [5.74, 6) is 1.75. The van der Waals surface area contributed by atoms with Gasteiger partial charge >= 0.3 is 0 Å². The standard InChI is InChI=1S/C13H14N4/c1-3-4-12-15-5-6-17(12)13-8-11(9-14)7-10(2)16-13/h5-8H,3-4H2,1-2H3. The van der Waals surface area contributed by atoms with Crippen molar-refractivity contribution in [1.82, 2.24) is 14.5 Å². The topological polar surface area (TPSA) is 54.5 Å². The molecule has 0 unspecified atom stereocenters. The van der Waals surface area contributed by atoms with Crippen LogP contribution >= 0.6 is 0 Å². The maximum atomic E-state index is 8.95. The Bertz CT molecular complexity index is 563. The van der Waals surface area contributed by atoms with Gasteiger partial charge < -0.3 is 0 Å². The van der Waals surface area contributed by atoms with E-state index in [1.54, 1.807) is 18.3 Å². The fourth-order valence-corrected chi connectivity index (χ4v) is 1.79. The first-order chi connectivity index (χ1) is 8.24. The van der Waals surface area contributed by atoms with Gasteiger partial charge in [0.25, 0.3) is 0 Å². The Hall–Kier alpha value is -2.15. The van der Waals surface area contributed by atoms with Gasteiger partial charge in [-0.2, -0.15) is 5.26 Å². The largest absolute Gasteiger partial charge is 0.288 e. The molecule has 0 saturated heterocycles. The van der Waals surface area contributed by atoms with Gasteiger partial charge in [0, 0.05) is 24.5 Å². The second-order valence-corrected chi connectivity index (χ2v) is 3.93. The molecule has 2 rings (SSSR count). The van der Waals surface area contributed by atoms with E-state index in [9.17, 15) is 0 Å². The van der Waals surface area contributed by atoms with Gasteiger partial charge in [0.1, 0.15) is 11.6 Å². The molecule has 0 spiro atoms. The summed E-state index contributed by atoms with van der Waals surface area (Å²) in [6.45, 7) is 4.00. The maximum Gasteiger partial charge on any atom is 0.139 e. The van der Waals surface area contributed by atoms with Crippen LogP contribution in [0.2, 0.25) is 0 Å². The summed E-state index contributed by atoms with van der Waals surface area (Å²) in [6, 6.07) is 5.71. The maximum absolute atomic E-state index is 8.95. The van der Waals surface area contributed by atoms with Crippen molar-refractivity contribution in [3.05, 3.63) is 41.6 Å². The van der Waals surface area contributed by atoms with Crippen molar-refractivity contribution in [2.75, 3.05) is 0 Å². The summed E-state index contributed by atoms with van der Waals surface area (Å²) >= 11 is 0. The van der Waals surface area contributed by atoms with E-state index in [4.69, 9.17) is 5.26 Å². The molecule has 2 aromatic heterocycles. The third-order valence-corrected chi connectivity index (χ3v) is 2.51. The van der Waals surface area contributed by atoms with Crippen LogP contribution in [0.25, 0.3) is 5.82 Å². The first-order valence-electron chi connectivity index (χ1n) is 5.66. The zero-order valence-corrected chi connectivity index (χ0v) is 10.0. The van der Waals surface area contributed by atoms with E-state index < -0.39 is 0 Å². The summed E-state index contributed by atoms with van der Waals surface area (Å²) in [7, 11) is 0. The highest BCUT2D eigenvalue weighted by molar-refractivity contribution is 5.38. The lowest BCUT2D eigenvalue weighted by Gasteiger charge is -2.07. The highest BCUT2D eigenvalue weighted by Gasteiger charge is 2.07. The van der Waals surface area contributed by atoms with Gasteiger partial charge in [0.05, 0.1) is 11.6 Å². The molecular formula is C13H14N4. The summed E-state index contributed by atoms with van der Waals surface area (Å²) in [6.07, 6.45) is 5.59. The third-order valence-electron chi connectivity index (χ3n) is 2.51. The molecule has 0 bridgehead atoms. The van der Waals surface area contributed by atoms with Gasteiger partial charge in [0.15, 0.2) is 0 Å². The summed E-state index contributed by atoms with van der Waals surface area (Å²) < 4.78 is 1.94. The lowest BCUT2D eigenvalue weighted by atomic mass is 10.2. The molecule has 0 N–H and O–H groups in total. The summed E-state index contributed by atoms with van der Waals surface area (Å²) in [5, 5.41) is 8.95. The van der Waals surface area contributed by atoms with Crippen molar-refractivity contribution in [2.24, 2.45) is 0 Å². The van der Waals surface area contributed by atoms with Gasteiger partial charge in [-0.25, -0.2) is 9.97 Å². The zero-order valence-electron chi connectivity index (χ0n) is 10.0. The van der Waals surface area contributed by atoms with E-state index in [1.807, 2.05) is 17.7 Å².